The van der Waals surface area contributed by atoms with E-state index in [4.69, 9.17) is 0 Å². The van der Waals surface area contributed by atoms with E-state index < -0.39 is 21.8 Å². The lowest BCUT2D eigenvalue weighted by atomic mass is 10.1. The highest BCUT2D eigenvalue weighted by Crippen LogP contribution is 2.01. The summed E-state index contributed by atoms with van der Waals surface area (Å²) in [5.41, 5.74) is -0.622. The van der Waals surface area contributed by atoms with Gasteiger partial charge in [-0.05, 0) is 26.7 Å². The van der Waals surface area contributed by atoms with Crippen LogP contribution in [0.25, 0.3) is 0 Å². The summed E-state index contributed by atoms with van der Waals surface area (Å²) in [4.78, 5) is 12.9. The molecule has 0 atom stereocenters. The van der Waals surface area contributed by atoms with Crippen molar-refractivity contribution in [3.63, 3.8) is 0 Å². The second kappa shape index (κ2) is 5.68. The van der Waals surface area contributed by atoms with Gasteiger partial charge in [-0.2, -0.15) is 13.1 Å². The van der Waals surface area contributed by atoms with Crippen molar-refractivity contribution in [2.24, 2.45) is 5.92 Å². The van der Waals surface area contributed by atoms with Crippen LogP contribution in [-0.2, 0) is 10.2 Å². The van der Waals surface area contributed by atoms with Crippen LogP contribution in [0.3, 0.4) is 0 Å². The molecule has 0 radical (unpaired) electrons. The summed E-state index contributed by atoms with van der Waals surface area (Å²) < 4.78 is 27.5. The number of rotatable bonds is 4. The molecular formula is C10H23N3O3S. The van der Waals surface area contributed by atoms with Crippen LogP contribution in [0.4, 0.5) is 4.79 Å². The Hall–Kier alpha value is -0.820. The molecule has 0 aliphatic carbocycles. The van der Waals surface area contributed by atoms with Crippen molar-refractivity contribution < 1.29 is 13.2 Å². The Morgan fingerprint density at radius 3 is 2.12 bits per heavy atom. The van der Waals surface area contributed by atoms with Gasteiger partial charge in [0.2, 0.25) is 0 Å². The minimum atomic E-state index is -3.81. The molecule has 0 aliphatic rings. The van der Waals surface area contributed by atoms with Crippen molar-refractivity contribution in [2.45, 2.75) is 40.2 Å². The number of hydrogen-bond donors (Lipinski definition) is 2. The first kappa shape index (κ1) is 16.2. The lowest BCUT2D eigenvalue weighted by molar-refractivity contribution is 0.209. The fraction of sp³-hybridized carbons (Fsp3) is 0.900. The van der Waals surface area contributed by atoms with Gasteiger partial charge < -0.3 is 4.90 Å². The third-order valence-electron chi connectivity index (χ3n) is 1.65. The second-order valence-corrected chi connectivity index (χ2v) is 6.95. The Kier molecular flexibility index (Phi) is 5.41. The summed E-state index contributed by atoms with van der Waals surface area (Å²) in [7, 11) is -2.25. The zero-order chi connectivity index (χ0) is 13.9. The normalized spacial score (nSPS) is 12.6. The molecule has 0 heterocycles. The third kappa shape index (κ3) is 7.98. The molecular weight excluding hydrogens is 242 g/mol. The lowest BCUT2D eigenvalue weighted by Gasteiger charge is -2.23. The molecule has 6 nitrogen and oxygen atoms in total. The van der Waals surface area contributed by atoms with Crippen LogP contribution in [-0.4, -0.2) is 38.5 Å². The number of nitrogens with one attached hydrogen (secondary N) is 2. The van der Waals surface area contributed by atoms with Gasteiger partial charge in [0.1, 0.15) is 0 Å². The number of urea groups is 1. The molecule has 2 amide bonds. The Morgan fingerprint density at radius 1 is 1.29 bits per heavy atom. The third-order valence-corrected chi connectivity index (χ3v) is 2.97. The Morgan fingerprint density at radius 2 is 1.76 bits per heavy atom. The Labute approximate surface area is 104 Å². The summed E-state index contributed by atoms with van der Waals surface area (Å²) in [6, 6.07) is -0.629. The van der Waals surface area contributed by atoms with Crippen LogP contribution < -0.4 is 9.44 Å². The standard InChI is InChI=1S/C10H23N3O3S/c1-8(2)7-13(6)9(14)11-17(15,16)12-10(3,4)5/h8,12H,7H2,1-6H3,(H,11,14). The summed E-state index contributed by atoms with van der Waals surface area (Å²) in [5, 5.41) is 0. The molecule has 2 N–H and O–H groups in total. The summed E-state index contributed by atoms with van der Waals surface area (Å²) >= 11 is 0. The van der Waals surface area contributed by atoms with Crippen LogP contribution >= 0.6 is 0 Å². The minimum Gasteiger partial charge on any atom is -0.327 e. The maximum absolute atomic E-state index is 11.6. The predicted molar refractivity (Wildman–Crippen MR) is 67.8 cm³/mol. The highest BCUT2D eigenvalue weighted by atomic mass is 32.2. The SMILES string of the molecule is CC(C)CN(C)C(=O)NS(=O)(=O)NC(C)(C)C. The molecule has 0 aliphatic heterocycles. The molecule has 17 heavy (non-hydrogen) atoms. The Bertz CT molecular complexity index is 357. The van der Waals surface area contributed by atoms with E-state index >= 15 is 0 Å². The summed E-state index contributed by atoms with van der Waals surface area (Å²) in [5.74, 6) is 0.282. The largest absolute Gasteiger partial charge is 0.331 e. The molecule has 0 aromatic carbocycles. The summed E-state index contributed by atoms with van der Waals surface area (Å²) in [6.07, 6.45) is 0. The van der Waals surface area contributed by atoms with Crippen LogP contribution in [0.5, 0.6) is 0 Å². The molecule has 0 fully saturated rings. The molecule has 7 heteroatoms. The molecule has 102 valence electrons. The van der Waals surface area contributed by atoms with Crippen molar-refractivity contribution in [3.05, 3.63) is 0 Å². The van der Waals surface area contributed by atoms with E-state index in [1.165, 1.54) is 4.90 Å². The van der Waals surface area contributed by atoms with Crippen LogP contribution in [0.2, 0.25) is 0 Å². The van der Waals surface area contributed by atoms with Crippen molar-refractivity contribution in [1.29, 1.82) is 0 Å². The first-order valence-corrected chi connectivity index (χ1v) is 6.98. The number of hydrogen-bond acceptors (Lipinski definition) is 3. The quantitative estimate of drug-likeness (QED) is 0.793. The minimum absolute atomic E-state index is 0.282. The van der Waals surface area contributed by atoms with E-state index in [2.05, 4.69) is 4.72 Å². The maximum Gasteiger partial charge on any atom is 0.331 e. The number of carbonyl (C=O) groups excluding carboxylic acids is 1. The molecule has 0 unspecified atom stereocenters. The van der Waals surface area contributed by atoms with Gasteiger partial charge in [0, 0.05) is 19.1 Å². The second-order valence-electron chi connectivity index (χ2n) is 5.54. The molecule has 0 aromatic rings. The first-order valence-electron chi connectivity index (χ1n) is 5.50. The molecule has 0 saturated carbocycles. The first-order chi connectivity index (χ1) is 7.43. The smallest absolute Gasteiger partial charge is 0.327 e. The van der Waals surface area contributed by atoms with Crippen molar-refractivity contribution >= 4 is 16.2 Å². The molecule has 0 spiro atoms. The summed E-state index contributed by atoms with van der Waals surface area (Å²) in [6.45, 7) is 9.51. The van der Waals surface area contributed by atoms with Gasteiger partial charge in [-0.15, -0.1) is 0 Å². The van der Waals surface area contributed by atoms with Crippen molar-refractivity contribution in [3.8, 4) is 0 Å². The van der Waals surface area contributed by atoms with Gasteiger partial charge in [0.25, 0.3) is 0 Å². The number of amides is 2. The van der Waals surface area contributed by atoms with Crippen molar-refractivity contribution in [2.75, 3.05) is 13.6 Å². The molecule has 0 rings (SSSR count). The topological polar surface area (TPSA) is 78.5 Å². The van der Waals surface area contributed by atoms with Crippen molar-refractivity contribution in [1.82, 2.24) is 14.3 Å². The lowest BCUT2D eigenvalue weighted by Crippen LogP contribution is -2.51. The fourth-order valence-corrected chi connectivity index (χ4v) is 2.50. The van der Waals surface area contributed by atoms with E-state index in [0.717, 1.165) is 0 Å². The highest BCUT2D eigenvalue weighted by Gasteiger charge is 2.23. The highest BCUT2D eigenvalue weighted by molar-refractivity contribution is 7.88. The van der Waals surface area contributed by atoms with Gasteiger partial charge in [-0.25, -0.2) is 9.52 Å². The van der Waals surface area contributed by atoms with Gasteiger partial charge >= 0.3 is 16.2 Å². The van der Waals surface area contributed by atoms with Crippen LogP contribution in [0.15, 0.2) is 0 Å². The number of nitrogens with zero attached hydrogens (tertiary/aromatic N) is 1. The predicted octanol–water partition coefficient (Wildman–Crippen LogP) is 0.917. The zero-order valence-corrected chi connectivity index (χ0v) is 12.2. The van der Waals surface area contributed by atoms with Crippen LogP contribution in [0.1, 0.15) is 34.6 Å². The van der Waals surface area contributed by atoms with E-state index in [0.29, 0.717) is 6.54 Å². The van der Waals surface area contributed by atoms with E-state index in [9.17, 15) is 13.2 Å². The average Bonchev–Trinajstić information content (AvgIpc) is 1.95. The van der Waals surface area contributed by atoms with E-state index in [1.54, 1.807) is 27.8 Å². The zero-order valence-electron chi connectivity index (χ0n) is 11.4. The molecule has 0 bridgehead atoms. The van der Waals surface area contributed by atoms with Gasteiger partial charge in [-0.1, -0.05) is 13.8 Å². The molecule has 0 aromatic heterocycles. The Balaban J connectivity index is 4.48. The van der Waals surface area contributed by atoms with Gasteiger partial charge in [0.15, 0.2) is 0 Å². The van der Waals surface area contributed by atoms with Gasteiger partial charge in [0.05, 0.1) is 0 Å². The monoisotopic (exact) mass is 265 g/mol. The average molecular weight is 265 g/mol. The van der Waals surface area contributed by atoms with Crippen LogP contribution in [0, 0.1) is 5.92 Å². The molecule has 0 saturated heterocycles. The van der Waals surface area contributed by atoms with Gasteiger partial charge in [-0.3, -0.25) is 0 Å². The van der Waals surface area contributed by atoms with E-state index in [1.807, 2.05) is 18.6 Å². The maximum atomic E-state index is 11.6. The number of carbonyl (C=O) groups is 1. The van der Waals surface area contributed by atoms with E-state index in [-0.39, 0.29) is 5.92 Å². The fourth-order valence-electron chi connectivity index (χ4n) is 1.25.